The van der Waals surface area contributed by atoms with E-state index in [1.807, 2.05) is 31.2 Å². The first kappa shape index (κ1) is 15.2. The molecule has 0 aliphatic heterocycles. The minimum atomic E-state index is -0.409. The van der Waals surface area contributed by atoms with E-state index in [-0.39, 0.29) is 5.69 Å². The summed E-state index contributed by atoms with van der Waals surface area (Å²) in [5.74, 6) is 0.468. The molecule has 0 aromatic heterocycles. The zero-order valence-corrected chi connectivity index (χ0v) is 12.9. The third-order valence-corrected chi connectivity index (χ3v) is 4.04. The van der Waals surface area contributed by atoms with Gasteiger partial charge in [0.05, 0.1) is 18.1 Å². The number of nitro groups is 1. The highest BCUT2D eigenvalue weighted by Gasteiger charge is 2.20. The highest BCUT2D eigenvalue weighted by atomic mass is 32.2. The Hall–Kier alpha value is -2.21. The predicted octanol–water partition coefficient (Wildman–Crippen LogP) is 4.10. The van der Waals surface area contributed by atoms with Gasteiger partial charge in [0.2, 0.25) is 0 Å². The summed E-state index contributed by atoms with van der Waals surface area (Å²) < 4.78 is 5.16. The second-order valence-electron chi connectivity index (χ2n) is 4.44. The van der Waals surface area contributed by atoms with Crippen LogP contribution in [-0.4, -0.2) is 19.1 Å². The second-order valence-corrected chi connectivity index (χ2v) is 5.56. The van der Waals surface area contributed by atoms with Gasteiger partial charge in [-0.1, -0.05) is 29.5 Å². The second kappa shape index (κ2) is 6.49. The van der Waals surface area contributed by atoms with E-state index in [4.69, 9.17) is 4.74 Å². The van der Waals surface area contributed by atoms with E-state index in [1.165, 1.54) is 30.5 Å². The standard InChI is InChI=1S/C15H16N2O3S/c1-10-4-6-12(7-5-10)21-14-9-11(20-3)8-13(17(18)19)15(14)16-2/h4-9,16H,1-3H3. The van der Waals surface area contributed by atoms with E-state index in [0.717, 1.165) is 9.79 Å². The molecule has 6 heteroatoms. The normalized spacial score (nSPS) is 10.2. The topological polar surface area (TPSA) is 64.4 Å². The summed E-state index contributed by atoms with van der Waals surface area (Å²) in [6.45, 7) is 2.02. The molecule has 0 aliphatic rings. The average Bonchev–Trinajstić information content (AvgIpc) is 2.48. The summed E-state index contributed by atoms with van der Waals surface area (Å²) in [5, 5.41) is 14.1. The molecule has 0 spiro atoms. The molecular weight excluding hydrogens is 288 g/mol. The van der Waals surface area contributed by atoms with Crippen LogP contribution in [0.4, 0.5) is 11.4 Å². The first-order valence-corrected chi connectivity index (χ1v) is 7.15. The molecule has 0 heterocycles. The van der Waals surface area contributed by atoms with Crippen molar-refractivity contribution in [2.24, 2.45) is 0 Å². The number of rotatable bonds is 5. The Morgan fingerprint density at radius 2 is 1.90 bits per heavy atom. The number of anilines is 1. The molecule has 0 saturated carbocycles. The zero-order chi connectivity index (χ0) is 15.4. The molecule has 0 fully saturated rings. The summed E-state index contributed by atoms with van der Waals surface area (Å²) in [6, 6.07) is 11.2. The van der Waals surface area contributed by atoms with Crippen LogP contribution in [0.5, 0.6) is 5.75 Å². The van der Waals surface area contributed by atoms with E-state index < -0.39 is 4.92 Å². The zero-order valence-electron chi connectivity index (χ0n) is 12.0. The summed E-state index contributed by atoms with van der Waals surface area (Å²) >= 11 is 1.46. The van der Waals surface area contributed by atoms with Crippen LogP contribution >= 0.6 is 11.8 Å². The molecule has 2 rings (SSSR count). The van der Waals surface area contributed by atoms with Crippen LogP contribution in [0.3, 0.4) is 0 Å². The lowest BCUT2D eigenvalue weighted by molar-refractivity contribution is -0.384. The Morgan fingerprint density at radius 3 is 2.43 bits per heavy atom. The van der Waals surface area contributed by atoms with Crippen molar-refractivity contribution in [2.45, 2.75) is 16.7 Å². The van der Waals surface area contributed by atoms with Crippen molar-refractivity contribution in [3.8, 4) is 5.75 Å². The lowest BCUT2D eigenvalue weighted by Gasteiger charge is -2.11. The Morgan fingerprint density at radius 1 is 1.24 bits per heavy atom. The largest absolute Gasteiger partial charge is 0.496 e. The molecule has 21 heavy (non-hydrogen) atoms. The molecule has 0 atom stereocenters. The summed E-state index contributed by atoms with van der Waals surface area (Å²) in [7, 11) is 3.17. The maximum atomic E-state index is 11.2. The minimum absolute atomic E-state index is 0.00598. The van der Waals surface area contributed by atoms with E-state index in [1.54, 1.807) is 13.1 Å². The molecular formula is C15H16N2O3S. The highest BCUT2D eigenvalue weighted by Crippen LogP contribution is 2.41. The van der Waals surface area contributed by atoms with E-state index in [2.05, 4.69) is 5.32 Å². The van der Waals surface area contributed by atoms with Gasteiger partial charge in [-0.2, -0.15) is 0 Å². The smallest absolute Gasteiger partial charge is 0.297 e. The molecule has 0 bridgehead atoms. The van der Waals surface area contributed by atoms with Crippen molar-refractivity contribution in [3.05, 3.63) is 52.1 Å². The fourth-order valence-corrected chi connectivity index (χ4v) is 2.91. The summed E-state index contributed by atoms with van der Waals surface area (Å²) in [6.07, 6.45) is 0. The Balaban J connectivity index is 2.47. The van der Waals surface area contributed by atoms with Crippen LogP contribution in [0, 0.1) is 17.0 Å². The Kier molecular flexibility index (Phi) is 4.70. The van der Waals surface area contributed by atoms with Crippen LogP contribution in [0.1, 0.15) is 5.56 Å². The number of methoxy groups -OCH3 is 1. The number of nitrogens with one attached hydrogen (secondary N) is 1. The number of ether oxygens (including phenoxy) is 1. The maximum absolute atomic E-state index is 11.2. The number of hydrogen-bond donors (Lipinski definition) is 1. The van der Waals surface area contributed by atoms with Crippen molar-refractivity contribution >= 4 is 23.1 Å². The predicted molar refractivity (Wildman–Crippen MR) is 84.5 cm³/mol. The number of nitro benzene ring substituents is 1. The maximum Gasteiger partial charge on any atom is 0.297 e. The first-order chi connectivity index (χ1) is 10.0. The molecule has 2 aromatic rings. The van der Waals surface area contributed by atoms with Crippen LogP contribution in [0.15, 0.2) is 46.2 Å². The lowest BCUT2D eigenvalue weighted by Crippen LogP contribution is -1.99. The molecule has 1 N–H and O–H groups in total. The number of nitrogens with zero attached hydrogens (tertiary/aromatic N) is 1. The van der Waals surface area contributed by atoms with Crippen LogP contribution in [0.2, 0.25) is 0 Å². The molecule has 0 aliphatic carbocycles. The SMILES string of the molecule is CNc1c(Sc2ccc(C)cc2)cc(OC)cc1[N+](=O)[O-]. The van der Waals surface area contributed by atoms with Crippen molar-refractivity contribution in [1.29, 1.82) is 0 Å². The van der Waals surface area contributed by atoms with Gasteiger partial charge in [0.15, 0.2) is 0 Å². The lowest BCUT2D eigenvalue weighted by atomic mass is 10.2. The van der Waals surface area contributed by atoms with Crippen molar-refractivity contribution in [1.82, 2.24) is 0 Å². The van der Waals surface area contributed by atoms with E-state index in [9.17, 15) is 10.1 Å². The molecule has 2 aromatic carbocycles. The quantitative estimate of drug-likeness (QED) is 0.665. The fourth-order valence-electron chi connectivity index (χ4n) is 1.90. The van der Waals surface area contributed by atoms with Gasteiger partial charge in [-0.3, -0.25) is 10.1 Å². The molecule has 5 nitrogen and oxygen atoms in total. The van der Waals surface area contributed by atoms with Gasteiger partial charge in [-0.15, -0.1) is 0 Å². The van der Waals surface area contributed by atoms with E-state index in [0.29, 0.717) is 11.4 Å². The van der Waals surface area contributed by atoms with Gasteiger partial charge in [-0.25, -0.2) is 0 Å². The number of hydrogen-bond acceptors (Lipinski definition) is 5. The third kappa shape index (κ3) is 3.46. The van der Waals surface area contributed by atoms with Crippen molar-refractivity contribution in [2.75, 3.05) is 19.5 Å². The van der Waals surface area contributed by atoms with Gasteiger partial charge in [0.25, 0.3) is 5.69 Å². The fraction of sp³-hybridized carbons (Fsp3) is 0.200. The van der Waals surface area contributed by atoms with Crippen LogP contribution in [-0.2, 0) is 0 Å². The number of aryl methyl sites for hydroxylation is 1. The molecule has 0 amide bonds. The Bertz CT molecular complexity index is 657. The average molecular weight is 304 g/mol. The van der Waals surface area contributed by atoms with E-state index >= 15 is 0 Å². The molecule has 110 valence electrons. The third-order valence-electron chi connectivity index (χ3n) is 2.99. The van der Waals surface area contributed by atoms with Crippen molar-refractivity contribution in [3.63, 3.8) is 0 Å². The van der Waals surface area contributed by atoms with Gasteiger partial charge in [0, 0.05) is 16.8 Å². The molecule has 0 radical (unpaired) electrons. The van der Waals surface area contributed by atoms with Gasteiger partial charge in [-0.05, 0) is 25.1 Å². The molecule has 0 unspecified atom stereocenters. The Labute approximate surface area is 127 Å². The summed E-state index contributed by atoms with van der Waals surface area (Å²) in [5.41, 5.74) is 1.67. The number of benzene rings is 2. The van der Waals surface area contributed by atoms with Crippen LogP contribution < -0.4 is 10.1 Å². The highest BCUT2D eigenvalue weighted by molar-refractivity contribution is 7.99. The van der Waals surface area contributed by atoms with Gasteiger partial charge in [0.1, 0.15) is 11.4 Å². The minimum Gasteiger partial charge on any atom is -0.496 e. The van der Waals surface area contributed by atoms with Gasteiger partial charge < -0.3 is 10.1 Å². The molecule has 0 saturated heterocycles. The van der Waals surface area contributed by atoms with Gasteiger partial charge >= 0.3 is 0 Å². The first-order valence-electron chi connectivity index (χ1n) is 6.34. The monoisotopic (exact) mass is 304 g/mol. The summed E-state index contributed by atoms with van der Waals surface area (Å²) in [4.78, 5) is 12.6. The van der Waals surface area contributed by atoms with Crippen LogP contribution in [0.25, 0.3) is 0 Å². The van der Waals surface area contributed by atoms with Crippen molar-refractivity contribution < 1.29 is 9.66 Å².